The van der Waals surface area contributed by atoms with Crippen molar-refractivity contribution >= 4 is 40.7 Å². The van der Waals surface area contributed by atoms with Crippen LogP contribution in [-0.2, 0) is 20.9 Å². The number of carbonyl (C=O) groups is 4. The zero-order valence-corrected chi connectivity index (χ0v) is 16.2. The third-order valence-electron chi connectivity index (χ3n) is 5.39. The molecule has 2 aliphatic heterocycles. The molecule has 0 saturated carbocycles. The number of amides is 5. The summed E-state index contributed by atoms with van der Waals surface area (Å²) in [5, 5.41) is 3.03. The summed E-state index contributed by atoms with van der Waals surface area (Å²) in [4.78, 5) is 52.1. The van der Waals surface area contributed by atoms with E-state index >= 15 is 0 Å². The zero-order chi connectivity index (χ0) is 20.5. The molecule has 2 fully saturated rings. The van der Waals surface area contributed by atoms with Gasteiger partial charge in [-0.1, -0.05) is 18.2 Å². The molecule has 0 aliphatic carbocycles. The molecule has 150 valence electrons. The second-order valence-electron chi connectivity index (χ2n) is 7.18. The van der Waals surface area contributed by atoms with Crippen molar-refractivity contribution in [1.29, 1.82) is 0 Å². The van der Waals surface area contributed by atoms with Gasteiger partial charge < -0.3 is 9.47 Å². The summed E-state index contributed by atoms with van der Waals surface area (Å²) in [5.41, 5.74) is 1.40. The molecule has 1 aromatic heterocycles. The minimum absolute atomic E-state index is 0.0525. The highest BCUT2D eigenvalue weighted by Gasteiger charge is 2.34. The second kappa shape index (κ2) is 7.54. The lowest BCUT2D eigenvalue weighted by atomic mass is 10.1. The van der Waals surface area contributed by atoms with Crippen LogP contribution in [0.5, 0.6) is 0 Å². The van der Waals surface area contributed by atoms with Crippen molar-refractivity contribution in [3.63, 3.8) is 0 Å². The molecular weight excluding hydrogens is 372 g/mol. The molecule has 2 saturated heterocycles. The Morgan fingerprint density at radius 1 is 1.14 bits per heavy atom. The van der Waals surface area contributed by atoms with Crippen LogP contribution in [0.25, 0.3) is 17.0 Å². The molecule has 8 nitrogen and oxygen atoms in total. The number of aromatic nitrogens is 1. The van der Waals surface area contributed by atoms with Crippen molar-refractivity contribution in [2.24, 2.45) is 0 Å². The number of likely N-dealkylation sites (tertiary alicyclic amines) is 1. The van der Waals surface area contributed by atoms with Gasteiger partial charge in [-0.2, -0.15) is 0 Å². The summed E-state index contributed by atoms with van der Waals surface area (Å²) in [7, 11) is 0. The predicted octanol–water partition coefficient (Wildman–Crippen LogP) is 1.75. The van der Waals surface area contributed by atoms with Crippen LogP contribution in [0.4, 0.5) is 4.79 Å². The Morgan fingerprint density at radius 3 is 2.59 bits per heavy atom. The van der Waals surface area contributed by atoms with Gasteiger partial charge in [0.15, 0.2) is 0 Å². The Kier molecular flexibility index (Phi) is 4.92. The van der Waals surface area contributed by atoms with Gasteiger partial charge in [0, 0.05) is 42.3 Å². The van der Waals surface area contributed by atoms with Crippen LogP contribution >= 0.6 is 0 Å². The van der Waals surface area contributed by atoms with Crippen LogP contribution < -0.4 is 5.32 Å². The molecule has 4 rings (SSSR count). The van der Waals surface area contributed by atoms with E-state index in [-0.39, 0.29) is 24.6 Å². The first-order valence-electron chi connectivity index (χ1n) is 9.74. The average molecular weight is 394 g/mol. The summed E-state index contributed by atoms with van der Waals surface area (Å²) in [5.74, 6) is -1.28. The molecule has 0 unspecified atom stereocenters. The first-order valence-corrected chi connectivity index (χ1v) is 9.74. The molecular formula is C21H22N4O4. The van der Waals surface area contributed by atoms with Crippen molar-refractivity contribution in [2.75, 3.05) is 19.6 Å². The predicted molar refractivity (Wildman–Crippen MR) is 107 cm³/mol. The average Bonchev–Trinajstić information content (AvgIpc) is 3.34. The molecule has 0 bridgehead atoms. The molecule has 5 amide bonds. The number of nitrogens with one attached hydrogen (secondary N) is 1. The van der Waals surface area contributed by atoms with Crippen LogP contribution in [0.2, 0.25) is 0 Å². The van der Waals surface area contributed by atoms with Gasteiger partial charge in [-0.3, -0.25) is 24.6 Å². The zero-order valence-electron chi connectivity index (χ0n) is 16.2. The summed E-state index contributed by atoms with van der Waals surface area (Å²) < 4.78 is 1.84. The first kappa shape index (κ1) is 18.9. The van der Waals surface area contributed by atoms with E-state index in [0.29, 0.717) is 5.56 Å². The molecule has 1 N–H and O–H groups in total. The van der Waals surface area contributed by atoms with Gasteiger partial charge in [-0.15, -0.1) is 0 Å². The first-order chi connectivity index (χ1) is 14.0. The molecule has 29 heavy (non-hydrogen) atoms. The maximum Gasteiger partial charge on any atom is 0.331 e. The van der Waals surface area contributed by atoms with Crippen LogP contribution in [0.15, 0.2) is 36.0 Å². The number of fused-ring (bicyclic) bond motifs is 1. The van der Waals surface area contributed by atoms with E-state index in [2.05, 4.69) is 5.32 Å². The van der Waals surface area contributed by atoms with Crippen molar-refractivity contribution in [3.05, 3.63) is 41.6 Å². The lowest BCUT2D eigenvalue weighted by molar-refractivity contribution is -0.131. The van der Waals surface area contributed by atoms with Gasteiger partial charge in [0.05, 0.1) is 0 Å². The SMILES string of the molecule is CCN1C(=O)NC(=O)/C(=C\c2cn(CC(=O)N3CCCC3)c3ccccc23)C1=O. The van der Waals surface area contributed by atoms with E-state index < -0.39 is 17.8 Å². The van der Waals surface area contributed by atoms with E-state index in [0.717, 1.165) is 41.7 Å². The van der Waals surface area contributed by atoms with Gasteiger partial charge in [-0.05, 0) is 31.9 Å². The van der Waals surface area contributed by atoms with Gasteiger partial charge in [0.25, 0.3) is 11.8 Å². The number of para-hydroxylation sites is 1. The molecule has 8 heteroatoms. The lowest BCUT2D eigenvalue weighted by Crippen LogP contribution is -2.53. The van der Waals surface area contributed by atoms with E-state index in [9.17, 15) is 19.2 Å². The Hall–Kier alpha value is -3.42. The van der Waals surface area contributed by atoms with Crippen LogP contribution in [0.1, 0.15) is 25.3 Å². The normalized spacial score (nSPS) is 18.8. The van der Waals surface area contributed by atoms with Gasteiger partial charge in [0.2, 0.25) is 5.91 Å². The third kappa shape index (κ3) is 3.41. The van der Waals surface area contributed by atoms with E-state index in [1.165, 1.54) is 6.08 Å². The number of nitrogens with zero attached hydrogens (tertiary/aromatic N) is 3. The van der Waals surface area contributed by atoms with Crippen LogP contribution in [-0.4, -0.2) is 57.8 Å². The quantitative estimate of drug-likeness (QED) is 0.632. The number of likely N-dealkylation sites (N-methyl/N-ethyl adjacent to an activating group) is 1. The Balaban J connectivity index is 1.71. The highest BCUT2D eigenvalue weighted by molar-refractivity contribution is 6.31. The number of imide groups is 2. The van der Waals surface area contributed by atoms with Gasteiger partial charge in [0.1, 0.15) is 12.1 Å². The Labute approximate surface area is 167 Å². The third-order valence-corrected chi connectivity index (χ3v) is 5.39. The summed E-state index contributed by atoms with van der Waals surface area (Å²) in [6.45, 7) is 3.60. The van der Waals surface area contributed by atoms with Crippen LogP contribution in [0.3, 0.4) is 0 Å². The van der Waals surface area contributed by atoms with Crippen molar-refractivity contribution in [2.45, 2.75) is 26.3 Å². The molecule has 0 radical (unpaired) electrons. The molecule has 1 aromatic carbocycles. The fourth-order valence-corrected chi connectivity index (χ4v) is 3.87. The largest absolute Gasteiger partial charge is 0.341 e. The maximum absolute atomic E-state index is 12.6. The number of rotatable bonds is 4. The minimum Gasteiger partial charge on any atom is -0.341 e. The number of urea groups is 1. The van der Waals surface area contributed by atoms with Gasteiger partial charge >= 0.3 is 6.03 Å². The molecule has 2 aliphatic rings. The topological polar surface area (TPSA) is 91.7 Å². The molecule has 0 spiro atoms. The Bertz CT molecular complexity index is 1050. The van der Waals surface area contributed by atoms with E-state index in [4.69, 9.17) is 0 Å². The van der Waals surface area contributed by atoms with Crippen LogP contribution in [0, 0.1) is 0 Å². The smallest absolute Gasteiger partial charge is 0.331 e. The number of benzene rings is 1. The highest BCUT2D eigenvalue weighted by atomic mass is 16.2. The van der Waals surface area contributed by atoms with E-state index in [1.807, 2.05) is 33.7 Å². The summed E-state index contributed by atoms with van der Waals surface area (Å²) in [6.07, 6.45) is 5.32. The van der Waals surface area contributed by atoms with Gasteiger partial charge in [-0.25, -0.2) is 4.79 Å². The van der Waals surface area contributed by atoms with Crippen molar-refractivity contribution in [1.82, 2.24) is 19.7 Å². The standard InChI is InChI=1S/C21H22N4O4/c1-2-25-20(28)16(19(27)22-21(25)29)11-14-12-24(17-8-4-3-7-15(14)17)13-18(26)23-9-5-6-10-23/h3-4,7-8,11-12H,2,5-6,9-10,13H2,1H3,(H,22,27,29)/b16-11+. The molecule has 3 heterocycles. The maximum atomic E-state index is 12.6. The number of hydrogen-bond donors (Lipinski definition) is 1. The summed E-state index contributed by atoms with van der Waals surface area (Å²) in [6, 6.07) is 6.82. The molecule has 0 atom stereocenters. The van der Waals surface area contributed by atoms with Crippen molar-refractivity contribution < 1.29 is 19.2 Å². The number of hydrogen-bond acceptors (Lipinski definition) is 4. The lowest BCUT2D eigenvalue weighted by Gasteiger charge is -2.24. The molecule has 2 aromatic rings. The van der Waals surface area contributed by atoms with E-state index in [1.54, 1.807) is 13.1 Å². The fraction of sp³-hybridized carbons (Fsp3) is 0.333. The second-order valence-corrected chi connectivity index (χ2v) is 7.18. The fourth-order valence-electron chi connectivity index (χ4n) is 3.87. The monoisotopic (exact) mass is 394 g/mol. The minimum atomic E-state index is -0.713. The van der Waals surface area contributed by atoms with Crippen molar-refractivity contribution in [3.8, 4) is 0 Å². The summed E-state index contributed by atoms with van der Waals surface area (Å²) >= 11 is 0. The number of barbiturate groups is 1. The Morgan fingerprint density at radius 2 is 1.86 bits per heavy atom. The number of carbonyl (C=O) groups excluding carboxylic acids is 4. The highest BCUT2D eigenvalue weighted by Crippen LogP contribution is 2.25.